The van der Waals surface area contributed by atoms with E-state index in [2.05, 4.69) is 33.6 Å². The zero-order chi connectivity index (χ0) is 10.2. The number of hydrogen-bond acceptors (Lipinski definition) is 2. The topological polar surface area (TPSA) is 24.1 Å². The van der Waals surface area contributed by atoms with Gasteiger partial charge in [-0.25, -0.2) is 0 Å². The average Bonchev–Trinajstić information content (AvgIpc) is 2.76. The zero-order valence-corrected chi connectivity index (χ0v) is 10.5. The second-order valence-corrected chi connectivity index (χ2v) is 5.93. The largest absolute Gasteiger partial charge is 0.309 e. The minimum Gasteiger partial charge on any atom is -0.309 e. The Labute approximate surface area is 89.9 Å². The van der Waals surface area contributed by atoms with E-state index in [4.69, 9.17) is 0 Å². The molecule has 1 saturated carbocycles. The summed E-state index contributed by atoms with van der Waals surface area (Å²) in [5.74, 6) is 0.827. The first-order valence-electron chi connectivity index (χ1n) is 5.86. The molecule has 0 aromatic heterocycles. The molecule has 0 radical (unpaired) electrons. The van der Waals surface area contributed by atoms with Gasteiger partial charge in [-0.15, -0.1) is 0 Å². The Balaban J connectivity index is 1.90. The highest BCUT2D eigenvalue weighted by Crippen LogP contribution is 2.56. The Bertz CT molecular complexity index is 201. The summed E-state index contributed by atoms with van der Waals surface area (Å²) in [5, 5.41) is 7.00. The Morgan fingerprint density at radius 1 is 1.50 bits per heavy atom. The molecule has 14 heavy (non-hydrogen) atoms. The van der Waals surface area contributed by atoms with Crippen molar-refractivity contribution < 1.29 is 0 Å². The van der Waals surface area contributed by atoms with E-state index < -0.39 is 0 Å². The normalized spacial score (nSPS) is 34.3. The summed E-state index contributed by atoms with van der Waals surface area (Å²) in [5.41, 5.74) is 0.705. The number of rotatable bonds is 4. The summed E-state index contributed by atoms with van der Waals surface area (Å²) < 4.78 is 0. The van der Waals surface area contributed by atoms with Crippen LogP contribution in [0.3, 0.4) is 0 Å². The molecule has 2 fully saturated rings. The molecule has 3 unspecified atom stereocenters. The predicted molar refractivity (Wildman–Crippen MR) is 64.2 cm³/mol. The van der Waals surface area contributed by atoms with Crippen molar-refractivity contribution in [2.75, 3.05) is 6.54 Å². The fraction of sp³-hybridized carbons (Fsp3) is 1.00. The highest BCUT2D eigenvalue weighted by atomic mass is 31.0. The molecule has 2 rings (SSSR count). The maximum absolute atomic E-state index is 3.80. The monoisotopic (exact) mass is 214 g/mol. The number of nitrogens with one attached hydrogen (secondary N) is 2. The summed E-state index contributed by atoms with van der Waals surface area (Å²) >= 11 is 0. The van der Waals surface area contributed by atoms with Gasteiger partial charge in [0.05, 0.1) is 0 Å². The maximum atomic E-state index is 3.80. The molecule has 2 N–H and O–H groups in total. The van der Waals surface area contributed by atoms with Crippen LogP contribution in [0.4, 0.5) is 0 Å². The van der Waals surface area contributed by atoms with Crippen LogP contribution in [0.5, 0.6) is 0 Å². The van der Waals surface area contributed by atoms with Crippen molar-refractivity contribution in [3.05, 3.63) is 0 Å². The van der Waals surface area contributed by atoms with E-state index in [9.17, 15) is 0 Å². The highest BCUT2D eigenvalue weighted by molar-refractivity contribution is 7.13. The average molecular weight is 214 g/mol. The molecule has 2 nitrogen and oxygen atoms in total. The van der Waals surface area contributed by atoms with Crippen molar-refractivity contribution in [3.8, 4) is 0 Å². The third kappa shape index (κ3) is 2.13. The fourth-order valence-corrected chi connectivity index (χ4v) is 3.21. The maximum Gasteiger partial charge on any atom is 0.0204 e. The van der Waals surface area contributed by atoms with E-state index in [0.717, 1.165) is 18.5 Å². The van der Waals surface area contributed by atoms with Crippen molar-refractivity contribution in [2.45, 2.75) is 51.6 Å². The van der Waals surface area contributed by atoms with Crippen LogP contribution >= 0.6 is 9.39 Å². The van der Waals surface area contributed by atoms with Crippen molar-refractivity contribution in [3.63, 3.8) is 0 Å². The summed E-state index contributed by atoms with van der Waals surface area (Å²) in [6.45, 7) is 5.76. The first-order valence-corrected chi connectivity index (χ1v) is 6.43. The quantitative estimate of drug-likeness (QED) is 0.699. The van der Waals surface area contributed by atoms with Crippen molar-refractivity contribution in [2.24, 2.45) is 11.3 Å². The summed E-state index contributed by atoms with van der Waals surface area (Å²) in [6, 6.07) is 1.50. The second kappa shape index (κ2) is 4.08. The predicted octanol–water partition coefficient (Wildman–Crippen LogP) is 1.92. The highest BCUT2D eigenvalue weighted by Gasteiger charge is 2.54. The molecule has 3 atom stereocenters. The summed E-state index contributed by atoms with van der Waals surface area (Å²) in [7, 11) is 2.61. The first-order chi connectivity index (χ1) is 6.66. The Hall–Kier alpha value is 0.350. The van der Waals surface area contributed by atoms with Crippen LogP contribution in [-0.2, 0) is 0 Å². The van der Waals surface area contributed by atoms with Gasteiger partial charge in [0.2, 0.25) is 0 Å². The van der Waals surface area contributed by atoms with Crippen molar-refractivity contribution >= 4 is 9.39 Å². The van der Waals surface area contributed by atoms with Gasteiger partial charge in [-0.1, -0.05) is 23.2 Å². The van der Waals surface area contributed by atoms with E-state index >= 15 is 0 Å². The minimum atomic E-state index is 0.705. The number of hydrogen-bond donors (Lipinski definition) is 2. The van der Waals surface area contributed by atoms with E-state index in [-0.39, 0.29) is 0 Å². The lowest BCUT2D eigenvalue weighted by Gasteiger charge is -2.20. The molecule has 1 heterocycles. The molecule has 1 spiro atoms. The molecule has 0 aromatic carbocycles. The fourth-order valence-electron chi connectivity index (χ4n) is 2.93. The molecule has 0 amide bonds. The smallest absolute Gasteiger partial charge is 0.0204 e. The van der Waals surface area contributed by atoms with Gasteiger partial charge in [0.15, 0.2) is 0 Å². The van der Waals surface area contributed by atoms with E-state index in [1.54, 1.807) is 0 Å². The zero-order valence-electron chi connectivity index (χ0n) is 9.34. The van der Waals surface area contributed by atoms with Gasteiger partial charge in [-0.2, -0.15) is 0 Å². The molecular formula is C11H23N2P. The second-order valence-electron chi connectivity index (χ2n) is 5.52. The molecule has 1 aliphatic carbocycles. The van der Waals surface area contributed by atoms with Gasteiger partial charge in [0.1, 0.15) is 0 Å². The van der Waals surface area contributed by atoms with E-state index in [1.807, 2.05) is 0 Å². The van der Waals surface area contributed by atoms with Gasteiger partial charge >= 0.3 is 0 Å². The van der Waals surface area contributed by atoms with Crippen molar-refractivity contribution in [1.82, 2.24) is 10.4 Å². The molecular weight excluding hydrogens is 191 g/mol. The van der Waals surface area contributed by atoms with Crippen molar-refractivity contribution in [1.29, 1.82) is 0 Å². The SMILES string of the molecule is CC(C)CC1NC(CNP)CC12CC2. The van der Waals surface area contributed by atoms with Gasteiger partial charge < -0.3 is 5.32 Å². The Morgan fingerprint density at radius 3 is 2.71 bits per heavy atom. The molecule has 3 heteroatoms. The third-order valence-electron chi connectivity index (χ3n) is 3.79. The van der Waals surface area contributed by atoms with Crippen LogP contribution in [0.1, 0.15) is 39.5 Å². The molecule has 82 valence electrons. The van der Waals surface area contributed by atoms with Gasteiger partial charge in [0.25, 0.3) is 0 Å². The molecule has 1 aliphatic heterocycles. The van der Waals surface area contributed by atoms with Gasteiger partial charge in [0, 0.05) is 18.6 Å². The van der Waals surface area contributed by atoms with E-state index in [0.29, 0.717) is 11.5 Å². The standard InChI is InChI=1S/C11H23N2P/c1-8(2)5-10-11(3-4-11)6-9(13-10)7-12-14/h8-10,12-13H,3-7,14H2,1-2H3. The van der Waals surface area contributed by atoms with Crippen LogP contribution in [0.25, 0.3) is 0 Å². The van der Waals surface area contributed by atoms with Crippen LogP contribution in [0, 0.1) is 11.3 Å². The van der Waals surface area contributed by atoms with Crippen LogP contribution in [-0.4, -0.2) is 18.6 Å². The summed E-state index contributed by atoms with van der Waals surface area (Å²) in [6.07, 6.45) is 5.68. The van der Waals surface area contributed by atoms with E-state index in [1.165, 1.54) is 25.7 Å². The minimum absolute atomic E-state index is 0.705. The molecule has 0 aromatic rings. The third-order valence-corrected chi connectivity index (χ3v) is 4.03. The summed E-state index contributed by atoms with van der Waals surface area (Å²) in [4.78, 5) is 0. The van der Waals surface area contributed by atoms with Crippen LogP contribution in [0.15, 0.2) is 0 Å². The van der Waals surface area contributed by atoms with Crippen LogP contribution < -0.4 is 10.4 Å². The van der Waals surface area contributed by atoms with Gasteiger partial charge in [-0.3, -0.25) is 5.09 Å². The van der Waals surface area contributed by atoms with Crippen LogP contribution in [0.2, 0.25) is 0 Å². The Morgan fingerprint density at radius 2 is 2.21 bits per heavy atom. The first kappa shape index (κ1) is 10.9. The molecule has 1 saturated heterocycles. The lowest BCUT2D eigenvalue weighted by Crippen LogP contribution is -2.36. The lowest BCUT2D eigenvalue weighted by molar-refractivity contribution is 0.359. The molecule has 2 aliphatic rings. The van der Waals surface area contributed by atoms with Gasteiger partial charge in [-0.05, 0) is 37.0 Å². The lowest BCUT2D eigenvalue weighted by atomic mass is 9.90. The Kier molecular flexibility index (Phi) is 3.16. The molecule has 0 bridgehead atoms.